The molecule has 80 valence electrons. The Hall–Kier alpha value is -2.50. The molecule has 0 aliphatic heterocycles. The van der Waals surface area contributed by atoms with E-state index in [1.54, 1.807) is 36.7 Å². The molecule has 2 aromatic heterocycles. The first kappa shape index (κ1) is 10.0. The third-order valence-corrected chi connectivity index (χ3v) is 1.84. The fourth-order valence-electron chi connectivity index (χ4n) is 1.09. The average molecular weight is 214 g/mol. The maximum atomic E-state index is 5.63. The molecule has 0 aliphatic carbocycles. The van der Waals surface area contributed by atoms with Crippen LogP contribution in [0.5, 0.6) is 0 Å². The minimum Gasteiger partial charge on any atom is -0.384 e. The van der Waals surface area contributed by atoms with Crippen molar-refractivity contribution in [3.63, 3.8) is 0 Å². The Morgan fingerprint density at radius 1 is 1.06 bits per heavy atom. The molecule has 0 bridgehead atoms. The van der Waals surface area contributed by atoms with Crippen LogP contribution in [0.15, 0.2) is 46.9 Å². The Kier molecular flexibility index (Phi) is 2.73. The Morgan fingerprint density at radius 3 is 2.62 bits per heavy atom. The minimum absolute atomic E-state index is 0.257. The lowest BCUT2D eigenvalue weighted by Crippen LogP contribution is -1.95. The molecule has 16 heavy (non-hydrogen) atoms. The predicted molar refractivity (Wildman–Crippen MR) is 61.5 cm³/mol. The van der Waals surface area contributed by atoms with E-state index in [4.69, 9.17) is 11.5 Å². The number of nitrogen functional groups attached to an aromatic ring is 2. The van der Waals surface area contributed by atoms with Crippen molar-refractivity contribution >= 4 is 23.0 Å². The van der Waals surface area contributed by atoms with Gasteiger partial charge in [-0.3, -0.25) is 4.98 Å². The summed E-state index contributed by atoms with van der Waals surface area (Å²) >= 11 is 0. The van der Waals surface area contributed by atoms with Gasteiger partial charge in [0.05, 0.1) is 6.20 Å². The summed E-state index contributed by atoms with van der Waals surface area (Å²) in [6.07, 6.45) is 3.27. The monoisotopic (exact) mass is 214 g/mol. The van der Waals surface area contributed by atoms with E-state index in [0.29, 0.717) is 17.2 Å². The van der Waals surface area contributed by atoms with Crippen LogP contribution in [-0.2, 0) is 0 Å². The second-order valence-corrected chi connectivity index (χ2v) is 3.05. The highest BCUT2D eigenvalue weighted by Crippen LogP contribution is 2.23. The molecule has 0 saturated heterocycles. The largest absolute Gasteiger partial charge is 0.384 e. The topological polar surface area (TPSA) is 103 Å². The van der Waals surface area contributed by atoms with Gasteiger partial charge in [-0.05, 0) is 24.3 Å². The number of nitrogens with two attached hydrogens (primary N) is 2. The Morgan fingerprint density at radius 2 is 1.94 bits per heavy atom. The van der Waals surface area contributed by atoms with Crippen LogP contribution in [0.2, 0.25) is 0 Å². The van der Waals surface area contributed by atoms with E-state index in [-0.39, 0.29) is 5.82 Å². The maximum Gasteiger partial charge on any atom is 0.153 e. The first-order valence-corrected chi connectivity index (χ1v) is 4.59. The molecule has 2 heterocycles. The van der Waals surface area contributed by atoms with E-state index in [9.17, 15) is 0 Å². The van der Waals surface area contributed by atoms with Crippen LogP contribution >= 0.6 is 0 Å². The molecule has 0 aliphatic rings. The summed E-state index contributed by atoms with van der Waals surface area (Å²) in [5.41, 5.74) is 12.2. The fourth-order valence-corrected chi connectivity index (χ4v) is 1.09. The van der Waals surface area contributed by atoms with E-state index in [2.05, 4.69) is 20.2 Å². The molecule has 0 spiro atoms. The molecule has 6 nitrogen and oxygen atoms in total. The summed E-state index contributed by atoms with van der Waals surface area (Å²) in [7, 11) is 0. The normalized spacial score (nSPS) is 10.8. The smallest absolute Gasteiger partial charge is 0.153 e. The number of pyridine rings is 2. The van der Waals surface area contributed by atoms with E-state index >= 15 is 0 Å². The highest BCUT2D eigenvalue weighted by Gasteiger charge is 1.98. The molecule has 0 saturated carbocycles. The molecule has 2 aromatic rings. The van der Waals surface area contributed by atoms with Crippen molar-refractivity contribution in [1.82, 2.24) is 9.97 Å². The van der Waals surface area contributed by atoms with Gasteiger partial charge in [0.1, 0.15) is 17.2 Å². The summed E-state index contributed by atoms with van der Waals surface area (Å²) in [5.74, 6) is 0.616. The van der Waals surface area contributed by atoms with Gasteiger partial charge in [0.15, 0.2) is 5.82 Å². The molecule has 0 radical (unpaired) electrons. The first-order valence-electron chi connectivity index (χ1n) is 4.59. The van der Waals surface area contributed by atoms with Crippen molar-refractivity contribution in [2.75, 3.05) is 11.5 Å². The Bertz CT molecular complexity index is 508. The van der Waals surface area contributed by atoms with Crippen LogP contribution in [-0.4, -0.2) is 9.97 Å². The molecule has 0 aromatic carbocycles. The molecule has 6 heteroatoms. The number of azo groups is 1. The molecule has 2 rings (SSSR count). The van der Waals surface area contributed by atoms with Gasteiger partial charge in [-0.15, -0.1) is 10.2 Å². The van der Waals surface area contributed by atoms with Crippen LogP contribution in [0.4, 0.5) is 23.0 Å². The number of rotatable bonds is 2. The van der Waals surface area contributed by atoms with Crippen molar-refractivity contribution in [2.45, 2.75) is 0 Å². The van der Waals surface area contributed by atoms with E-state index in [0.717, 1.165) is 0 Å². The van der Waals surface area contributed by atoms with Crippen molar-refractivity contribution in [3.8, 4) is 0 Å². The van der Waals surface area contributed by atoms with Crippen molar-refractivity contribution in [2.24, 2.45) is 10.2 Å². The predicted octanol–water partition coefficient (Wildman–Crippen LogP) is 2.06. The zero-order valence-electron chi connectivity index (χ0n) is 8.41. The van der Waals surface area contributed by atoms with Gasteiger partial charge < -0.3 is 11.5 Å². The van der Waals surface area contributed by atoms with E-state index in [1.807, 2.05) is 0 Å². The van der Waals surface area contributed by atoms with Gasteiger partial charge in [-0.25, -0.2) is 4.98 Å². The lowest BCUT2D eigenvalue weighted by atomic mass is 10.4. The zero-order valence-corrected chi connectivity index (χ0v) is 8.41. The van der Waals surface area contributed by atoms with Crippen molar-refractivity contribution < 1.29 is 0 Å². The van der Waals surface area contributed by atoms with Crippen molar-refractivity contribution in [1.29, 1.82) is 0 Å². The first-order chi connectivity index (χ1) is 7.75. The Labute approximate surface area is 92.1 Å². The molecule has 0 unspecified atom stereocenters. The fraction of sp³-hybridized carbons (Fsp3) is 0. The highest BCUT2D eigenvalue weighted by atomic mass is 15.1. The third-order valence-electron chi connectivity index (χ3n) is 1.84. The number of hydrogen-bond donors (Lipinski definition) is 2. The molecular formula is C10H10N6. The summed E-state index contributed by atoms with van der Waals surface area (Å²) in [6.45, 7) is 0. The summed E-state index contributed by atoms with van der Waals surface area (Å²) in [5, 5.41) is 7.93. The second-order valence-electron chi connectivity index (χ2n) is 3.05. The number of nitrogens with zero attached hydrogens (tertiary/aromatic N) is 4. The van der Waals surface area contributed by atoms with E-state index < -0.39 is 0 Å². The highest BCUT2D eigenvalue weighted by molar-refractivity contribution is 5.60. The van der Waals surface area contributed by atoms with Crippen molar-refractivity contribution in [3.05, 3.63) is 36.7 Å². The van der Waals surface area contributed by atoms with Crippen LogP contribution < -0.4 is 11.5 Å². The number of hydrogen-bond acceptors (Lipinski definition) is 6. The van der Waals surface area contributed by atoms with Crippen LogP contribution in [0.1, 0.15) is 0 Å². The quantitative estimate of drug-likeness (QED) is 0.746. The van der Waals surface area contributed by atoms with Crippen LogP contribution in [0.25, 0.3) is 0 Å². The lowest BCUT2D eigenvalue weighted by molar-refractivity contribution is 1.18. The number of anilines is 2. The molecular weight excluding hydrogens is 204 g/mol. The third kappa shape index (κ3) is 2.30. The Balaban J connectivity index is 2.24. The van der Waals surface area contributed by atoms with Gasteiger partial charge >= 0.3 is 0 Å². The minimum atomic E-state index is 0.257. The standard InChI is InChI=1S/C10H10N6/c11-9-4-3-8(10(12)14-9)16-15-7-2-1-5-13-6-7/h1-6H,(H4,11,12,14)/b16-15+. The molecule has 0 fully saturated rings. The molecule has 0 atom stereocenters. The average Bonchev–Trinajstić information content (AvgIpc) is 2.29. The zero-order chi connectivity index (χ0) is 11.4. The SMILES string of the molecule is Nc1ccc(/N=N/c2cccnc2)c(N)n1. The van der Waals surface area contributed by atoms with Gasteiger partial charge in [0.25, 0.3) is 0 Å². The van der Waals surface area contributed by atoms with Crippen LogP contribution in [0.3, 0.4) is 0 Å². The van der Waals surface area contributed by atoms with E-state index in [1.165, 1.54) is 0 Å². The second kappa shape index (κ2) is 4.35. The number of aromatic nitrogens is 2. The van der Waals surface area contributed by atoms with Gasteiger partial charge in [0, 0.05) is 6.20 Å². The van der Waals surface area contributed by atoms with Crippen LogP contribution in [0, 0.1) is 0 Å². The van der Waals surface area contributed by atoms with Gasteiger partial charge in [0.2, 0.25) is 0 Å². The van der Waals surface area contributed by atoms with Gasteiger partial charge in [-0.2, -0.15) is 0 Å². The summed E-state index contributed by atoms with van der Waals surface area (Å²) < 4.78 is 0. The lowest BCUT2D eigenvalue weighted by Gasteiger charge is -1.98. The molecule has 4 N–H and O–H groups in total. The molecule has 0 amide bonds. The van der Waals surface area contributed by atoms with Gasteiger partial charge in [-0.1, -0.05) is 0 Å². The maximum absolute atomic E-state index is 5.63. The summed E-state index contributed by atoms with van der Waals surface area (Å²) in [4.78, 5) is 7.78. The summed E-state index contributed by atoms with van der Waals surface area (Å²) in [6, 6.07) is 6.85.